The number of hydrogen-bond donors (Lipinski definition) is 0. The highest BCUT2D eigenvalue weighted by Gasteiger charge is 2.18. The monoisotopic (exact) mass is 328 g/mol. The van der Waals surface area contributed by atoms with E-state index in [1.165, 1.54) is 0 Å². The van der Waals surface area contributed by atoms with E-state index >= 15 is 0 Å². The second kappa shape index (κ2) is 6.01. The highest BCUT2D eigenvalue weighted by atomic mass is 35.5. The first kappa shape index (κ1) is 15.5. The number of nitrogens with zero attached hydrogens (tertiary/aromatic N) is 4. The van der Waals surface area contributed by atoms with Crippen LogP contribution in [0, 0.1) is 6.92 Å². The standard InChI is InChI=1S/C17H17ClN4O/c1-11-8-9-19-17-15(11)20-16(12-4-6-13(18)7-5-12)22(17)10-14(23)21(2)3/h4-9H,10H2,1-3H3. The van der Waals surface area contributed by atoms with Crippen LogP contribution < -0.4 is 0 Å². The lowest BCUT2D eigenvalue weighted by molar-refractivity contribution is -0.129. The molecule has 118 valence electrons. The van der Waals surface area contributed by atoms with Crippen molar-refractivity contribution in [2.24, 2.45) is 0 Å². The van der Waals surface area contributed by atoms with Gasteiger partial charge in [0.25, 0.3) is 0 Å². The molecule has 0 saturated heterocycles. The van der Waals surface area contributed by atoms with Crippen LogP contribution in [-0.2, 0) is 11.3 Å². The molecule has 23 heavy (non-hydrogen) atoms. The number of imidazole rings is 1. The molecular formula is C17H17ClN4O. The second-order valence-electron chi connectivity index (χ2n) is 5.62. The largest absolute Gasteiger partial charge is 0.347 e. The number of carbonyl (C=O) groups is 1. The summed E-state index contributed by atoms with van der Waals surface area (Å²) in [5.41, 5.74) is 3.45. The number of hydrogen-bond acceptors (Lipinski definition) is 3. The summed E-state index contributed by atoms with van der Waals surface area (Å²) in [6, 6.07) is 9.34. The quantitative estimate of drug-likeness (QED) is 0.742. The predicted octanol–water partition coefficient (Wildman–Crippen LogP) is 3.15. The van der Waals surface area contributed by atoms with Gasteiger partial charge in [0.2, 0.25) is 5.91 Å². The summed E-state index contributed by atoms with van der Waals surface area (Å²) >= 11 is 5.97. The molecule has 3 rings (SSSR count). The Morgan fingerprint density at radius 3 is 2.57 bits per heavy atom. The maximum atomic E-state index is 12.2. The van der Waals surface area contributed by atoms with Gasteiger partial charge in [-0.2, -0.15) is 0 Å². The molecule has 0 fully saturated rings. The highest BCUT2D eigenvalue weighted by molar-refractivity contribution is 6.30. The first-order valence-corrected chi connectivity index (χ1v) is 7.63. The molecular weight excluding hydrogens is 312 g/mol. The number of likely N-dealkylation sites (N-methyl/N-ethyl adjacent to an activating group) is 1. The molecule has 2 heterocycles. The van der Waals surface area contributed by atoms with Crippen molar-refractivity contribution in [1.82, 2.24) is 19.4 Å². The van der Waals surface area contributed by atoms with Gasteiger partial charge in [0.15, 0.2) is 5.65 Å². The van der Waals surface area contributed by atoms with Crippen LogP contribution in [0.1, 0.15) is 5.56 Å². The van der Waals surface area contributed by atoms with Gasteiger partial charge in [-0.25, -0.2) is 9.97 Å². The number of amides is 1. The number of halogens is 1. The van der Waals surface area contributed by atoms with Gasteiger partial charge in [-0.05, 0) is 42.8 Å². The van der Waals surface area contributed by atoms with Crippen LogP contribution in [0.15, 0.2) is 36.5 Å². The molecule has 0 saturated carbocycles. The topological polar surface area (TPSA) is 51.0 Å². The van der Waals surface area contributed by atoms with Crippen LogP contribution in [0.3, 0.4) is 0 Å². The van der Waals surface area contributed by atoms with Crippen molar-refractivity contribution < 1.29 is 4.79 Å². The second-order valence-corrected chi connectivity index (χ2v) is 6.05. The number of carbonyl (C=O) groups excluding carboxylic acids is 1. The van der Waals surface area contributed by atoms with Crippen molar-refractivity contribution >= 4 is 28.7 Å². The van der Waals surface area contributed by atoms with E-state index in [1.807, 2.05) is 41.8 Å². The molecule has 0 unspecified atom stereocenters. The van der Waals surface area contributed by atoms with Crippen molar-refractivity contribution in [3.05, 3.63) is 47.1 Å². The Balaban J connectivity index is 2.21. The SMILES string of the molecule is Cc1ccnc2c1nc(-c1ccc(Cl)cc1)n2CC(=O)N(C)C. The zero-order chi connectivity index (χ0) is 16.6. The molecule has 3 aromatic rings. The number of pyridine rings is 1. The lowest BCUT2D eigenvalue weighted by atomic mass is 10.2. The third-order valence-electron chi connectivity index (χ3n) is 3.73. The van der Waals surface area contributed by atoms with Gasteiger partial charge in [0, 0.05) is 30.9 Å². The molecule has 0 N–H and O–H groups in total. The van der Waals surface area contributed by atoms with Crippen molar-refractivity contribution in [1.29, 1.82) is 0 Å². The van der Waals surface area contributed by atoms with E-state index in [1.54, 1.807) is 25.2 Å². The van der Waals surface area contributed by atoms with Gasteiger partial charge >= 0.3 is 0 Å². The molecule has 0 atom stereocenters. The molecule has 0 spiro atoms. The first-order chi connectivity index (χ1) is 11.0. The molecule has 0 bridgehead atoms. The fraction of sp³-hybridized carbons (Fsp3) is 0.235. The zero-order valence-electron chi connectivity index (χ0n) is 13.2. The van der Waals surface area contributed by atoms with Gasteiger partial charge < -0.3 is 4.90 Å². The number of rotatable bonds is 3. The Kier molecular flexibility index (Phi) is 4.05. The molecule has 5 nitrogen and oxygen atoms in total. The van der Waals surface area contributed by atoms with Crippen molar-refractivity contribution in [2.45, 2.75) is 13.5 Å². The van der Waals surface area contributed by atoms with E-state index in [0.29, 0.717) is 16.5 Å². The van der Waals surface area contributed by atoms with E-state index in [-0.39, 0.29) is 12.5 Å². The van der Waals surface area contributed by atoms with Crippen molar-refractivity contribution in [3.8, 4) is 11.4 Å². The average molecular weight is 329 g/mol. The normalized spacial score (nSPS) is 11.0. The van der Waals surface area contributed by atoms with Crippen LogP contribution in [0.5, 0.6) is 0 Å². The molecule has 0 aliphatic carbocycles. The minimum absolute atomic E-state index is 0.0113. The third-order valence-corrected chi connectivity index (χ3v) is 3.98. The van der Waals surface area contributed by atoms with Crippen LogP contribution in [0.4, 0.5) is 0 Å². The minimum atomic E-state index is -0.0113. The Bertz CT molecular complexity index is 868. The molecule has 1 aromatic carbocycles. The Morgan fingerprint density at radius 1 is 1.22 bits per heavy atom. The minimum Gasteiger partial charge on any atom is -0.347 e. The van der Waals surface area contributed by atoms with E-state index in [4.69, 9.17) is 16.6 Å². The predicted molar refractivity (Wildman–Crippen MR) is 91.4 cm³/mol. The number of aromatic nitrogens is 3. The highest BCUT2D eigenvalue weighted by Crippen LogP contribution is 2.26. The van der Waals surface area contributed by atoms with E-state index < -0.39 is 0 Å². The molecule has 2 aromatic heterocycles. The molecule has 6 heteroatoms. The number of aryl methyl sites for hydroxylation is 1. The fourth-order valence-corrected chi connectivity index (χ4v) is 2.51. The summed E-state index contributed by atoms with van der Waals surface area (Å²) < 4.78 is 1.86. The Hall–Kier alpha value is -2.40. The summed E-state index contributed by atoms with van der Waals surface area (Å²) in [6.45, 7) is 2.18. The third kappa shape index (κ3) is 2.92. The molecule has 0 aliphatic rings. The van der Waals surface area contributed by atoms with Gasteiger partial charge in [0.05, 0.1) is 0 Å². The average Bonchev–Trinajstić information content (AvgIpc) is 2.88. The summed E-state index contributed by atoms with van der Waals surface area (Å²) in [5.74, 6) is 0.705. The summed E-state index contributed by atoms with van der Waals surface area (Å²) in [5, 5.41) is 0.662. The fourth-order valence-electron chi connectivity index (χ4n) is 2.38. The van der Waals surface area contributed by atoms with Gasteiger partial charge in [0.1, 0.15) is 17.9 Å². The van der Waals surface area contributed by atoms with Crippen LogP contribution in [0.2, 0.25) is 5.02 Å². The van der Waals surface area contributed by atoms with Crippen LogP contribution >= 0.6 is 11.6 Å². The van der Waals surface area contributed by atoms with Crippen molar-refractivity contribution in [2.75, 3.05) is 14.1 Å². The number of fused-ring (bicyclic) bond motifs is 1. The molecule has 0 aliphatic heterocycles. The van der Waals surface area contributed by atoms with Gasteiger partial charge in [-0.1, -0.05) is 11.6 Å². The van der Waals surface area contributed by atoms with Crippen LogP contribution in [0.25, 0.3) is 22.6 Å². The Morgan fingerprint density at radius 2 is 1.91 bits per heavy atom. The lowest BCUT2D eigenvalue weighted by Gasteiger charge is -2.13. The van der Waals surface area contributed by atoms with E-state index in [0.717, 1.165) is 16.6 Å². The van der Waals surface area contributed by atoms with Crippen LogP contribution in [-0.4, -0.2) is 39.4 Å². The summed E-state index contributed by atoms with van der Waals surface area (Å²) in [4.78, 5) is 22.9. The zero-order valence-corrected chi connectivity index (χ0v) is 14.0. The maximum Gasteiger partial charge on any atom is 0.242 e. The van der Waals surface area contributed by atoms with E-state index in [9.17, 15) is 4.79 Å². The summed E-state index contributed by atoms with van der Waals surface area (Å²) in [7, 11) is 3.48. The smallest absolute Gasteiger partial charge is 0.242 e. The maximum absolute atomic E-state index is 12.2. The molecule has 0 radical (unpaired) electrons. The number of benzene rings is 1. The molecule has 1 amide bonds. The van der Waals surface area contributed by atoms with Gasteiger partial charge in [-0.15, -0.1) is 0 Å². The van der Waals surface area contributed by atoms with Gasteiger partial charge in [-0.3, -0.25) is 9.36 Å². The first-order valence-electron chi connectivity index (χ1n) is 7.25. The lowest BCUT2D eigenvalue weighted by Crippen LogP contribution is -2.26. The van der Waals surface area contributed by atoms with Crippen molar-refractivity contribution in [3.63, 3.8) is 0 Å². The Labute approximate surface area is 139 Å². The summed E-state index contributed by atoms with van der Waals surface area (Å²) in [6.07, 6.45) is 1.74. The van der Waals surface area contributed by atoms with E-state index in [2.05, 4.69) is 4.98 Å².